The van der Waals surface area contributed by atoms with Gasteiger partial charge in [0.05, 0.1) is 12.3 Å². The third-order valence-corrected chi connectivity index (χ3v) is 4.74. The van der Waals surface area contributed by atoms with Crippen LogP contribution in [0.15, 0.2) is 79.0 Å². The van der Waals surface area contributed by atoms with E-state index in [2.05, 4.69) is 46.7 Å². The normalized spacial score (nSPS) is 18.0. The Morgan fingerprint density at radius 3 is 2.59 bits per heavy atom. The van der Waals surface area contributed by atoms with Gasteiger partial charge in [-0.15, -0.1) is 0 Å². The van der Waals surface area contributed by atoms with E-state index in [0.717, 1.165) is 36.5 Å². The van der Waals surface area contributed by atoms with E-state index in [1.807, 2.05) is 36.4 Å². The molecule has 1 fully saturated rings. The molecule has 0 amide bonds. The van der Waals surface area contributed by atoms with Gasteiger partial charge in [-0.05, 0) is 29.3 Å². The Kier molecular flexibility index (Phi) is 5.77. The Bertz CT molecular complexity index is 833. The summed E-state index contributed by atoms with van der Waals surface area (Å²) in [6, 6.07) is 24.6. The maximum Gasteiger partial charge on any atom is 0.168 e. The zero-order valence-electron chi connectivity index (χ0n) is 15.3. The summed E-state index contributed by atoms with van der Waals surface area (Å²) in [5, 5.41) is 3.39. The molecule has 4 nitrogen and oxygen atoms in total. The minimum atomic E-state index is -0.254. The van der Waals surface area contributed by atoms with Gasteiger partial charge in [-0.2, -0.15) is 0 Å². The van der Waals surface area contributed by atoms with Crippen LogP contribution in [-0.2, 0) is 11.2 Å². The lowest BCUT2D eigenvalue weighted by molar-refractivity contribution is -0.0449. The standard InChI is InChI=1S/C23H24N2O2/c1-2-8-18(9-3-1)16-19-10-4-5-12-21(19)27-23(20-11-6-7-13-25-20)22-17-24-14-15-26-22/h1-13,22-24H,14-17H2/t22-,23?/m0/s1. The first-order valence-corrected chi connectivity index (χ1v) is 9.42. The van der Waals surface area contributed by atoms with E-state index < -0.39 is 0 Å². The molecule has 0 bridgehead atoms. The van der Waals surface area contributed by atoms with E-state index in [1.54, 1.807) is 6.20 Å². The highest BCUT2D eigenvalue weighted by Gasteiger charge is 2.29. The number of nitrogens with zero attached hydrogens (tertiary/aromatic N) is 1. The molecule has 0 saturated carbocycles. The topological polar surface area (TPSA) is 43.4 Å². The fourth-order valence-electron chi connectivity index (χ4n) is 3.37. The molecule has 1 aromatic heterocycles. The maximum absolute atomic E-state index is 6.52. The SMILES string of the molecule is c1ccc(Cc2ccccc2OC(c2ccccn2)[C@@H]2CNCCO2)cc1. The van der Waals surface area contributed by atoms with Crippen LogP contribution in [-0.4, -0.2) is 30.8 Å². The minimum Gasteiger partial charge on any atom is -0.481 e. The number of para-hydroxylation sites is 1. The molecule has 1 N–H and O–H groups in total. The Morgan fingerprint density at radius 1 is 1.00 bits per heavy atom. The molecule has 27 heavy (non-hydrogen) atoms. The predicted molar refractivity (Wildman–Crippen MR) is 106 cm³/mol. The summed E-state index contributed by atoms with van der Waals surface area (Å²) in [4.78, 5) is 4.53. The molecule has 2 atom stereocenters. The van der Waals surface area contributed by atoms with Crippen LogP contribution >= 0.6 is 0 Å². The average Bonchev–Trinajstić information content (AvgIpc) is 2.75. The third-order valence-electron chi connectivity index (χ3n) is 4.74. The van der Waals surface area contributed by atoms with Gasteiger partial charge in [0, 0.05) is 25.7 Å². The Balaban J connectivity index is 1.61. The monoisotopic (exact) mass is 360 g/mol. The fraction of sp³-hybridized carbons (Fsp3) is 0.261. The van der Waals surface area contributed by atoms with Gasteiger partial charge in [-0.25, -0.2) is 0 Å². The van der Waals surface area contributed by atoms with Crippen LogP contribution < -0.4 is 10.1 Å². The smallest absolute Gasteiger partial charge is 0.168 e. The first-order valence-electron chi connectivity index (χ1n) is 9.42. The summed E-state index contributed by atoms with van der Waals surface area (Å²) in [5.41, 5.74) is 3.31. The average molecular weight is 360 g/mol. The molecule has 0 aliphatic carbocycles. The Hall–Kier alpha value is -2.69. The van der Waals surface area contributed by atoms with Crippen LogP contribution in [0.5, 0.6) is 5.75 Å². The van der Waals surface area contributed by atoms with Crippen molar-refractivity contribution in [3.05, 3.63) is 95.8 Å². The van der Waals surface area contributed by atoms with Gasteiger partial charge in [-0.1, -0.05) is 54.6 Å². The van der Waals surface area contributed by atoms with Gasteiger partial charge in [0.1, 0.15) is 11.9 Å². The molecular formula is C23H24N2O2. The predicted octanol–water partition coefficient (Wildman–Crippen LogP) is 3.78. The fourth-order valence-corrected chi connectivity index (χ4v) is 3.37. The van der Waals surface area contributed by atoms with Crippen molar-refractivity contribution in [1.29, 1.82) is 0 Å². The molecule has 1 saturated heterocycles. The lowest BCUT2D eigenvalue weighted by atomic mass is 10.0. The quantitative estimate of drug-likeness (QED) is 0.726. The van der Waals surface area contributed by atoms with Crippen molar-refractivity contribution in [3.63, 3.8) is 0 Å². The molecule has 1 aliphatic rings. The van der Waals surface area contributed by atoms with Crippen LogP contribution in [0.1, 0.15) is 22.9 Å². The molecule has 1 aliphatic heterocycles. The lowest BCUT2D eigenvalue weighted by Crippen LogP contribution is -2.43. The van der Waals surface area contributed by atoms with Gasteiger partial charge in [0.15, 0.2) is 6.10 Å². The number of rotatable bonds is 6. The van der Waals surface area contributed by atoms with Gasteiger partial charge in [0.25, 0.3) is 0 Å². The summed E-state index contributed by atoms with van der Waals surface area (Å²) in [7, 11) is 0. The minimum absolute atomic E-state index is 0.0709. The van der Waals surface area contributed by atoms with Crippen LogP contribution in [0.4, 0.5) is 0 Å². The summed E-state index contributed by atoms with van der Waals surface area (Å²) >= 11 is 0. The number of pyridine rings is 1. The molecule has 1 unspecified atom stereocenters. The van der Waals surface area contributed by atoms with E-state index in [4.69, 9.17) is 9.47 Å². The number of nitrogens with one attached hydrogen (secondary N) is 1. The van der Waals surface area contributed by atoms with Crippen LogP contribution in [0, 0.1) is 0 Å². The van der Waals surface area contributed by atoms with E-state index in [0.29, 0.717) is 6.61 Å². The highest BCUT2D eigenvalue weighted by Crippen LogP contribution is 2.29. The molecule has 2 heterocycles. The van der Waals surface area contributed by atoms with Crippen LogP contribution in [0.3, 0.4) is 0 Å². The first kappa shape index (κ1) is 17.7. The lowest BCUT2D eigenvalue weighted by Gasteiger charge is -2.31. The Morgan fingerprint density at radius 2 is 1.81 bits per heavy atom. The molecule has 138 valence electrons. The molecule has 4 rings (SSSR count). The second-order valence-corrected chi connectivity index (χ2v) is 6.68. The number of morpholine rings is 1. The van der Waals surface area contributed by atoms with Crippen molar-refractivity contribution in [2.75, 3.05) is 19.7 Å². The van der Waals surface area contributed by atoms with Crippen molar-refractivity contribution in [1.82, 2.24) is 10.3 Å². The highest BCUT2D eigenvalue weighted by atomic mass is 16.5. The van der Waals surface area contributed by atoms with Crippen LogP contribution in [0.25, 0.3) is 0 Å². The zero-order valence-corrected chi connectivity index (χ0v) is 15.3. The van der Waals surface area contributed by atoms with Gasteiger partial charge >= 0.3 is 0 Å². The molecule has 3 aromatic rings. The summed E-state index contributed by atoms with van der Waals surface area (Å²) in [6.07, 6.45) is 2.31. The van der Waals surface area contributed by atoms with E-state index in [9.17, 15) is 0 Å². The number of benzene rings is 2. The molecule has 0 spiro atoms. The third kappa shape index (κ3) is 4.54. The molecule has 0 radical (unpaired) electrons. The maximum atomic E-state index is 6.52. The van der Waals surface area contributed by atoms with Crippen molar-refractivity contribution in [2.24, 2.45) is 0 Å². The van der Waals surface area contributed by atoms with Gasteiger partial charge in [-0.3, -0.25) is 4.98 Å². The van der Waals surface area contributed by atoms with E-state index in [-0.39, 0.29) is 12.2 Å². The van der Waals surface area contributed by atoms with E-state index in [1.165, 1.54) is 5.56 Å². The van der Waals surface area contributed by atoms with Crippen LogP contribution in [0.2, 0.25) is 0 Å². The number of aromatic nitrogens is 1. The first-order chi connectivity index (χ1) is 13.4. The summed E-state index contributed by atoms with van der Waals surface area (Å²) < 4.78 is 12.5. The summed E-state index contributed by atoms with van der Waals surface area (Å²) in [5.74, 6) is 0.881. The Labute approximate surface area is 160 Å². The largest absolute Gasteiger partial charge is 0.481 e. The highest BCUT2D eigenvalue weighted by molar-refractivity contribution is 5.38. The number of ether oxygens (including phenoxy) is 2. The van der Waals surface area contributed by atoms with E-state index >= 15 is 0 Å². The molecule has 2 aromatic carbocycles. The number of hydrogen-bond donors (Lipinski definition) is 1. The molecular weight excluding hydrogens is 336 g/mol. The van der Waals surface area contributed by atoms with Crippen molar-refractivity contribution in [2.45, 2.75) is 18.6 Å². The van der Waals surface area contributed by atoms with Gasteiger partial charge < -0.3 is 14.8 Å². The number of hydrogen-bond acceptors (Lipinski definition) is 4. The van der Waals surface area contributed by atoms with Crippen molar-refractivity contribution >= 4 is 0 Å². The summed E-state index contributed by atoms with van der Waals surface area (Å²) in [6.45, 7) is 2.31. The van der Waals surface area contributed by atoms with Crippen molar-refractivity contribution in [3.8, 4) is 5.75 Å². The second-order valence-electron chi connectivity index (χ2n) is 6.68. The van der Waals surface area contributed by atoms with Crippen molar-refractivity contribution < 1.29 is 9.47 Å². The molecule has 4 heteroatoms. The van der Waals surface area contributed by atoms with Gasteiger partial charge in [0.2, 0.25) is 0 Å². The second kappa shape index (κ2) is 8.80. The zero-order chi connectivity index (χ0) is 18.3.